The van der Waals surface area contributed by atoms with Gasteiger partial charge in [0.1, 0.15) is 23.3 Å². The van der Waals surface area contributed by atoms with Crippen LogP contribution in [0, 0.1) is 12.7 Å². The van der Waals surface area contributed by atoms with Crippen LogP contribution in [0.3, 0.4) is 0 Å². The van der Waals surface area contributed by atoms with Crippen molar-refractivity contribution in [1.29, 1.82) is 0 Å². The Hall–Kier alpha value is -2.70. The first-order valence-corrected chi connectivity index (χ1v) is 8.71. The van der Waals surface area contributed by atoms with Gasteiger partial charge in [-0.25, -0.2) is 9.37 Å². The fourth-order valence-corrected chi connectivity index (χ4v) is 3.12. The second kappa shape index (κ2) is 7.27. The van der Waals surface area contributed by atoms with Gasteiger partial charge in [0, 0.05) is 6.54 Å². The van der Waals surface area contributed by atoms with Crippen LogP contribution in [0.15, 0.2) is 28.7 Å². The number of carbonyl (C=O) groups is 2. The van der Waals surface area contributed by atoms with Crippen LogP contribution in [0.25, 0.3) is 11.5 Å². The first-order valence-electron chi connectivity index (χ1n) is 8.71. The fraction of sp³-hybridized carbons (Fsp3) is 0.421. The summed E-state index contributed by atoms with van der Waals surface area (Å²) in [5, 5.41) is 0. The van der Waals surface area contributed by atoms with Crippen molar-refractivity contribution in [3.05, 3.63) is 41.5 Å². The van der Waals surface area contributed by atoms with E-state index in [0.29, 0.717) is 18.0 Å². The molecule has 1 aromatic heterocycles. The zero-order valence-corrected chi connectivity index (χ0v) is 15.2. The van der Waals surface area contributed by atoms with E-state index in [0.717, 1.165) is 6.42 Å². The molecule has 6 nitrogen and oxygen atoms in total. The van der Waals surface area contributed by atoms with Gasteiger partial charge in [-0.1, -0.05) is 19.1 Å². The SMILES string of the molecule is CCCN1CC(=O)N(Cc2nc(-c3ccccc3F)oc2C)[C@H](C)C1=O. The Balaban J connectivity index is 1.82. The number of aromatic nitrogens is 1. The molecule has 1 aliphatic heterocycles. The van der Waals surface area contributed by atoms with Crippen LogP contribution < -0.4 is 0 Å². The predicted octanol–water partition coefficient (Wildman–Crippen LogP) is 2.76. The molecule has 7 heteroatoms. The quantitative estimate of drug-likeness (QED) is 0.823. The Kier molecular flexibility index (Phi) is 5.06. The zero-order chi connectivity index (χ0) is 18.8. The van der Waals surface area contributed by atoms with Crippen molar-refractivity contribution in [1.82, 2.24) is 14.8 Å². The maximum absolute atomic E-state index is 14.0. The lowest BCUT2D eigenvalue weighted by molar-refractivity contribution is -0.155. The highest BCUT2D eigenvalue weighted by Crippen LogP contribution is 2.26. The molecule has 138 valence electrons. The van der Waals surface area contributed by atoms with Crippen LogP contribution >= 0.6 is 0 Å². The van der Waals surface area contributed by atoms with Crippen LogP contribution in [0.5, 0.6) is 0 Å². The Morgan fingerprint density at radius 2 is 2.04 bits per heavy atom. The van der Waals surface area contributed by atoms with Gasteiger partial charge in [-0.05, 0) is 32.4 Å². The van der Waals surface area contributed by atoms with E-state index in [1.807, 2.05) is 6.92 Å². The molecule has 0 spiro atoms. The van der Waals surface area contributed by atoms with E-state index < -0.39 is 11.9 Å². The van der Waals surface area contributed by atoms with Gasteiger partial charge in [0.25, 0.3) is 0 Å². The summed E-state index contributed by atoms with van der Waals surface area (Å²) in [5.74, 6) is 0.0637. The summed E-state index contributed by atoms with van der Waals surface area (Å²) in [7, 11) is 0. The lowest BCUT2D eigenvalue weighted by atomic mass is 10.1. The first kappa shape index (κ1) is 18.1. The number of nitrogens with zero attached hydrogens (tertiary/aromatic N) is 3. The fourth-order valence-electron chi connectivity index (χ4n) is 3.12. The third-order valence-electron chi connectivity index (χ3n) is 4.59. The summed E-state index contributed by atoms with van der Waals surface area (Å²) < 4.78 is 19.5. The second-order valence-electron chi connectivity index (χ2n) is 6.46. The monoisotopic (exact) mass is 359 g/mol. The minimum absolute atomic E-state index is 0.0677. The number of oxazole rings is 1. The van der Waals surface area contributed by atoms with Crippen molar-refractivity contribution in [3.63, 3.8) is 0 Å². The van der Waals surface area contributed by atoms with E-state index in [1.165, 1.54) is 11.0 Å². The number of benzene rings is 1. The molecule has 1 saturated heterocycles. The molecule has 0 bridgehead atoms. The van der Waals surface area contributed by atoms with Crippen molar-refractivity contribution in [2.24, 2.45) is 0 Å². The minimum atomic E-state index is -0.559. The summed E-state index contributed by atoms with van der Waals surface area (Å²) in [6.45, 7) is 6.22. The number of aryl methyl sites for hydroxylation is 1. The predicted molar refractivity (Wildman–Crippen MR) is 93.5 cm³/mol. The van der Waals surface area contributed by atoms with Gasteiger partial charge in [0.15, 0.2) is 0 Å². The Morgan fingerprint density at radius 3 is 2.73 bits per heavy atom. The van der Waals surface area contributed by atoms with Crippen LogP contribution in [0.2, 0.25) is 0 Å². The molecule has 0 unspecified atom stereocenters. The number of amides is 2. The standard InChI is InChI=1S/C19H22FN3O3/c1-4-9-22-11-17(24)23(12(2)19(22)25)10-16-13(3)26-18(21-16)14-7-5-6-8-15(14)20/h5-8,12H,4,9-11H2,1-3H3/t12-/m1/s1. The maximum Gasteiger partial charge on any atom is 0.245 e. The summed E-state index contributed by atoms with van der Waals surface area (Å²) in [4.78, 5) is 32.4. The van der Waals surface area contributed by atoms with E-state index in [-0.39, 0.29) is 36.4 Å². The molecule has 1 atom stereocenters. The smallest absolute Gasteiger partial charge is 0.245 e. The summed E-state index contributed by atoms with van der Waals surface area (Å²) in [6.07, 6.45) is 0.806. The third-order valence-corrected chi connectivity index (χ3v) is 4.59. The Bertz CT molecular complexity index is 833. The molecule has 3 rings (SSSR count). The lowest BCUT2D eigenvalue weighted by Crippen LogP contribution is -2.58. The van der Waals surface area contributed by atoms with E-state index >= 15 is 0 Å². The highest BCUT2D eigenvalue weighted by Gasteiger charge is 2.36. The summed E-state index contributed by atoms with van der Waals surface area (Å²) >= 11 is 0. The lowest BCUT2D eigenvalue weighted by Gasteiger charge is -2.38. The molecule has 0 saturated carbocycles. The van der Waals surface area contributed by atoms with Gasteiger partial charge in [-0.15, -0.1) is 0 Å². The molecule has 1 fully saturated rings. The van der Waals surface area contributed by atoms with Gasteiger partial charge >= 0.3 is 0 Å². The molecule has 0 N–H and O–H groups in total. The zero-order valence-electron chi connectivity index (χ0n) is 15.2. The molecule has 0 radical (unpaired) electrons. The van der Waals surface area contributed by atoms with Gasteiger partial charge in [-0.2, -0.15) is 0 Å². The highest BCUT2D eigenvalue weighted by molar-refractivity contribution is 5.94. The summed E-state index contributed by atoms with van der Waals surface area (Å²) in [5.41, 5.74) is 0.797. The van der Waals surface area contributed by atoms with Crippen molar-refractivity contribution >= 4 is 11.8 Å². The van der Waals surface area contributed by atoms with Crippen molar-refractivity contribution in [2.45, 2.75) is 39.8 Å². The Morgan fingerprint density at radius 1 is 1.31 bits per heavy atom. The van der Waals surface area contributed by atoms with E-state index in [1.54, 1.807) is 36.9 Å². The van der Waals surface area contributed by atoms with Gasteiger partial charge in [0.05, 0.1) is 18.7 Å². The molecule has 2 aromatic rings. The number of hydrogen-bond acceptors (Lipinski definition) is 4. The molecule has 1 aromatic carbocycles. The number of hydrogen-bond donors (Lipinski definition) is 0. The van der Waals surface area contributed by atoms with Crippen LogP contribution in [0.1, 0.15) is 31.7 Å². The molecule has 0 aliphatic carbocycles. The molecule has 2 heterocycles. The third kappa shape index (κ3) is 3.34. The number of piperazine rings is 1. The van der Waals surface area contributed by atoms with Crippen molar-refractivity contribution < 1.29 is 18.4 Å². The Labute approximate surface area is 151 Å². The average molecular weight is 359 g/mol. The maximum atomic E-state index is 14.0. The summed E-state index contributed by atoms with van der Waals surface area (Å²) in [6, 6.07) is 5.67. The molecular weight excluding hydrogens is 337 g/mol. The topological polar surface area (TPSA) is 66.7 Å². The molecule has 26 heavy (non-hydrogen) atoms. The van der Waals surface area contributed by atoms with Gasteiger partial charge < -0.3 is 14.2 Å². The average Bonchev–Trinajstić information content (AvgIpc) is 2.97. The second-order valence-corrected chi connectivity index (χ2v) is 6.46. The van der Waals surface area contributed by atoms with Crippen molar-refractivity contribution in [2.75, 3.05) is 13.1 Å². The molecule has 1 aliphatic rings. The van der Waals surface area contributed by atoms with Crippen LogP contribution in [0.4, 0.5) is 4.39 Å². The first-order chi connectivity index (χ1) is 12.4. The van der Waals surface area contributed by atoms with E-state index in [2.05, 4.69) is 4.98 Å². The van der Waals surface area contributed by atoms with Gasteiger partial charge in [0.2, 0.25) is 17.7 Å². The van der Waals surface area contributed by atoms with Crippen LogP contribution in [-0.4, -0.2) is 45.7 Å². The number of halogens is 1. The van der Waals surface area contributed by atoms with Crippen LogP contribution in [-0.2, 0) is 16.1 Å². The number of rotatable bonds is 5. The molecule has 2 amide bonds. The molecular formula is C19H22FN3O3. The van der Waals surface area contributed by atoms with Crippen molar-refractivity contribution in [3.8, 4) is 11.5 Å². The highest BCUT2D eigenvalue weighted by atomic mass is 19.1. The number of carbonyl (C=O) groups excluding carboxylic acids is 2. The van der Waals surface area contributed by atoms with E-state index in [4.69, 9.17) is 4.42 Å². The normalized spacial score (nSPS) is 17.9. The minimum Gasteiger partial charge on any atom is -0.441 e. The van der Waals surface area contributed by atoms with Gasteiger partial charge in [-0.3, -0.25) is 9.59 Å². The largest absolute Gasteiger partial charge is 0.441 e. The van der Waals surface area contributed by atoms with E-state index in [9.17, 15) is 14.0 Å².